The second-order valence-electron chi connectivity index (χ2n) is 10.1. The van der Waals surface area contributed by atoms with Gasteiger partial charge in [0.1, 0.15) is 0 Å². The average molecular weight is 449 g/mol. The highest BCUT2D eigenvalue weighted by Gasteiger charge is 2.53. The summed E-state index contributed by atoms with van der Waals surface area (Å²) in [5.74, 6) is 0.612. The number of piperidine rings is 1. The maximum atomic E-state index is 13.3. The third-order valence-electron chi connectivity index (χ3n) is 8.69. The molecular formula is C22H32ClF3N2S. The first-order valence-electron chi connectivity index (χ1n) is 11.5. The van der Waals surface area contributed by atoms with Crippen LogP contribution in [0.4, 0.5) is 13.2 Å². The molecule has 0 N–H and O–H groups in total. The van der Waals surface area contributed by atoms with Gasteiger partial charge >= 0.3 is 6.18 Å². The molecule has 29 heavy (non-hydrogen) atoms. The lowest BCUT2D eigenvalue weighted by atomic mass is 9.68. The zero-order chi connectivity index (χ0) is 20.3. The summed E-state index contributed by atoms with van der Waals surface area (Å²) < 4.78 is 39.9. The van der Waals surface area contributed by atoms with E-state index in [2.05, 4.69) is 11.9 Å². The summed E-state index contributed by atoms with van der Waals surface area (Å²) >= 11 is 8.23. The number of nitrogens with zero attached hydrogens (tertiary/aromatic N) is 2. The Labute approximate surface area is 181 Å². The molecule has 4 unspecified atom stereocenters. The Balaban J connectivity index is 1.38. The molecule has 2 bridgehead atoms. The standard InChI is InChI=1S/C22H32ClF3N2S/c1-28-15-7-8-18(28)20(16(11-15)12-2-5-14(23)6-3-12)21-27-17-10-13(22(24,25)26)4-9-19(17)29-21/h12-20H,2-11H2,1H3/t12?,13?,14?,15-,16-,17?,18?,19?,20-/m1/s1. The van der Waals surface area contributed by atoms with Gasteiger partial charge in [0, 0.05) is 28.6 Å². The monoisotopic (exact) mass is 448 g/mol. The van der Waals surface area contributed by atoms with Crippen LogP contribution in [0.5, 0.6) is 0 Å². The van der Waals surface area contributed by atoms with Gasteiger partial charge in [0.05, 0.1) is 17.0 Å². The number of hydrogen-bond acceptors (Lipinski definition) is 3. The van der Waals surface area contributed by atoms with E-state index in [0.29, 0.717) is 41.6 Å². The second kappa shape index (κ2) is 7.88. The molecule has 164 valence electrons. The van der Waals surface area contributed by atoms with Gasteiger partial charge in [-0.05, 0) is 83.1 Å². The summed E-state index contributed by atoms with van der Waals surface area (Å²) in [6, 6.07) is 1.08. The topological polar surface area (TPSA) is 15.6 Å². The van der Waals surface area contributed by atoms with Gasteiger partial charge in [-0.2, -0.15) is 13.2 Å². The van der Waals surface area contributed by atoms with E-state index in [1.165, 1.54) is 37.1 Å². The minimum absolute atomic E-state index is 0.126. The molecule has 2 nitrogen and oxygen atoms in total. The molecule has 2 saturated heterocycles. The van der Waals surface area contributed by atoms with Crippen molar-refractivity contribution in [2.75, 3.05) is 7.05 Å². The van der Waals surface area contributed by atoms with Crippen LogP contribution in [0.3, 0.4) is 0 Å². The summed E-state index contributed by atoms with van der Waals surface area (Å²) in [5, 5.41) is 1.80. The Hall–Kier alpha value is 0.0600. The molecule has 5 aliphatic rings. The molecule has 0 amide bonds. The fourth-order valence-electron chi connectivity index (χ4n) is 7.05. The number of thioether (sulfide) groups is 1. The minimum Gasteiger partial charge on any atom is -0.300 e. The average Bonchev–Trinajstić information content (AvgIpc) is 3.19. The molecule has 7 heteroatoms. The summed E-state index contributed by atoms with van der Waals surface area (Å²) in [5.41, 5.74) is 0. The van der Waals surface area contributed by atoms with Crippen LogP contribution in [0.15, 0.2) is 4.99 Å². The molecule has 0 aromatic rings. The van der Waals surface area contributed by atoms with Gasteiger partial charge in [0.25, 0.3) is 0 Å². The second-order valence-corrected chi connectivity index (χ2v) is 12.0. The number of hydrogen-bond donors (Lipinski definition) is 0. The number of rotatable bonds is 2. The first-order chi connectivity index (χ1) is 13.8. The summed E-state index contributed by atoms with van der Waals surface area (Å²) in [6.45, 7) is 0. The largest absolute Gasteiger partial charge is 0.391 e. The summed E-state index contributed by atoms with van der Waals surface area (Å²) in [7, 11) is 2.26. The molecule has 4 fully saturated rings. The fraction of sp³-hybridized carbons (Fsp3) is 0.955. The van der Waals surface area contributed by atoms with Gasteiger partial charge in [0.2, 0.25) is 0 Å². The molecule has 0 aromatic heterocycles. The molecule has 3 heterocycles. The number of aliphatic imine (C=N–C) groups is 1. The predicted octanol–water partition coefficient (Wildman–Crippen LogP) is 6.13. The van der Waals surface area contributed by atoms with Crippen molar-refractivity contribution < 1.29 is 13.2 Å². The predicted molar refractivity (Wildman–Crippen MR) is 114 cm³/mol. The van der Waals surface area contributed by atoms with Crippen molar-refractivity contribution in [2.24, 2.45) is 28.7 Å². The van der Waals surface area contributed by atoms with Crippen LogP contribution in [0.2, 0.25) is 0 Å². The SMILES string of the molecule is CN1C2CC[C@@H]1C[C@H](C1CCC(Cl)CC1)[C@H]2C1=NC2CC(C(F)(F)F)CCC2S1. The van der Waals surface area contributed by atoms with E-state index in [9.17, 15) is 13.2 Å². The highest BCUT2D eigenvalue weighted by atomic mass is 35.5. The van der Waals surface area contributed by atoms with E-state index in [0.717, 1.165) is 12.8 Å². The van der Waals surface area contributed by atoms with E-state index < -0.39 is 12.1 Å². The third kappa shape index (κ3) is 3.88. The maximum Gasteiger partial charge on any atom is 0.391 e. The number of halogens is 4. The molecule has 2 aliphatic carbocycles. The third-order valence-corrected chi connectivity index (χ3v) is 10.6. The van der Waals surface area contributed by atoms with Crippen LogP contribution in [0, 0.1) is 23.7 Å². The van der Waals surface area contributed by atoms with E-state index in [1.54, 1.807) is 0 Å². The van der Waals surface area contributed by atoms with Crippen LogP contribution in [-0.2, 0) is 0 Å². The molecule has 7 atom stereocenters. The Morgan fingerprint density at radius 1 is 1.00 bits per heavy atom. The molecule has 3 aliphatic heterocycles. The maximum absolute atomic E-state index is 13.3. The first-order valence-corrected chi connectivity index (χ1v) is 12.8. The Morgan fingerprint density at radius 3 is 2.48 bits per heavy atom. The van der Waals surface area contributed by atoms with Crippen molar-refractivity contribution in [1.82, 2.24) is 4.90 Å². The molecule has 0 aromatic carbocycles. The number of alkyl halides is 4. The van der Waals surface area contributed by atoms with Crippen LogP contribution < -0.4 is 0 Å². The Morgan fingerprint density at radius 2 is 1.76 bits per heavy atom. The smallest absolute Gasteiger partial charge is 0.300 e. The molecule has 0 spiro atoms. The zero-order valence-electron chi connectivity index (χ0n) is 17.1. The van der Waals surface area contributed by atoms with Gasteiger partial charge < -0.3 is 0 Å². The van der Waals surface area contributed by atoms with Crippen LogP contribution >= 0.6 is 23.4 Å². The van der Waals surface area contributed by atoms with Gasteiger partial charge in [-0.3, -0.25) is 9.89 Å². The van der Waals surface area contributed by atoms with Crippen molar-refractivity contribution in [3.05, 3.63) is 0 Å². The summed E-state index contributed by atoms with van der Waals surface area (Å²) in [4.78, 5) is 7.60. The van der Waals surface area contributed by atoms with Gasteiger partial charge in [0.15, 0.2) is 0 Å². The lowest BCUT2D eigenvalue weighted by Gasteiger charge is -2.47. The van der Waals surface area contributed by atoms with Crippen molar-refractivity contribution in [1.29, 1.82) is 0 Å². The van der Waals surface area contributed by atoms with E-state index in [4.69, 9.17) is 16.6 Å². The number of fused-ring (bicyclic) bond motifs is 3. The zero-order valence-corrected chi connectivity index (χ0v) is 18.7. The van der Waals surface area contributed by atoms with E-state index >= 15 is 0 Å². The van der Waals surface area contributed by atoms with E-state index in [1.807, 2.05) is 11.8 Å². The quantitative estimate of drug-likeness (QED) is 0.472. The highest BCUT2D eigenvalue weighted by Crippen LogP contribution is 2.53. The van der Waals surface area contributed by atoms with Gasteiger partial charge in [-0.1, -0.05) is 0 Å². The lowest BCUT2D eigenvalue weighted by molar-refractivity contribution is -0.182. The Kier molecular flexibility index (Phi) is 5.69. The summed E-state index contributed by atoms with van der Waals surface area (Å²) in [6.07, 6.45) is 5.41. The Bertz CT molecular complexity index is 648. The fourth-order valence-corrected chi connectivity index (χ4v) is 8.88. The van der Waals surface area contributed by atoms with Crippen LogP contribution in [0.25, 0.3) is 0 Å². The molecular weight excluding hydrogens is 417 g/mol. The normalized spacial score (nSPS) is 48.4. The van der Waals surface area contributed by atoms with Crippen molar-refractivity contribution >= 4 is 28.4 Å². The van der Waals surface area contributed by atoms with Crippen molar-refractivity contribution in [3.8, 4) is 0 Å². The van der Waals surface area contributed by atoms with Crippen molar-refractivity contribution in [2.45, 2.75) is 99.1 Å². The van der Waals surface area contributed by atoms with E-state index in [-0.39, 0.29) is 24.1 Å². The van der Waals surface area contributed by atoms with Gasteiger partial charge in [-0.15, -0.1) is 23.4 Å². The van der Waals surface area contributed by atoms with Crippen molar-refractivity contribution in [3.63, 3.8) is 0 Å². The van der Waals surface area contributed by atoms with Crippen LogP contribution in [-0.4, -0.2) is 51.9 Å². The molecule has 0 radical (unpaired) electrons. The molecule has 5 rings (SSSR count). The van der Waals surface area contributed by atoms with Gasteiger partial charge in [-0.25, -0.2) is 0 Å². The lowest BCUT2D eigenvalue weighted by Crippen LogP contribution is -2.51. The molecule has 2 saturated carbocycles. The highest BCUT2D eigenvalue weighted by molar-refractivity contribution is 8.14. The van der Waals surface area contributed by atoms with Crippen LogP contribution in [0.1, 0.15) is 64.2 Å². The first kappa shape index (κ1) is 20.9. The minimum atomic E-state index is -4.07.